The van der Waals surface area contributed by atoms with Gasteiger partial charge in [0.15, 0.2) is 0 Å². The summed E-state index contributed by atoms with van der Waals surface area (Å²) in [6.45, 7) is 6.18. The first-order valence-corrected chi connectivity index (χ1v) is 5.01. The average Bonchev–Trinajstić information content (AvgIpc) is 2.15. The van der Waals surface area contributed by atoms with Crippen molar-refractivity contribution in [3.8, 4) is 0 Å². The number of hydrogen-bond acceptors (Lipinski definition) is 4. The van der Waals surface area contributed by atoms with Gasteiger partial charge >= 0.3 is 5.97 Å². The molecule has 4 nitrogen and oxygen atoms in total. The van der Waals surface area contributed by atoms with Crippen molar-refractivity contribution in [1.82, 2.24) is 4.90 Å². The predicted octanol–water partition coefficient (Wildman–Crippen LogP) is 0.641. The van der Waals surface area contributed by atoms with Gasteiger partial charge in [-0.15, -0.1) is 0 Å². The maximum absolute atomic E-state index is 11.2. The Kier molecular flexibility index (Phi) is 6.49. The Hall–Kier alpha value is -0.610. The van der Waals surface area contributed by atoms with Crippen LogP contribution in [0.4, 0.5) is 0 Å². The van der Waals surface area contributed by atoms with Gasteiger partial charge in [0.1, 0.15) is 0 Å². The summed E-state index contributed by atoms with van der Waals surface area (Å²) in [4.78, 5) is 13.1. The Bertz CT molecular complexity index is 173. The van der Waals surface area contributed by atoms with Gasteiger partial charge in [0, 0.05) is 12.1 Å². The second-order valence-electron chi connectivity index (χ2n) is 3.56. The first-order chi connectivity index (χ1) is 6.52. The van der Waals surface area contributed by atoms with Crippen LogP contribution in [0.5, 0.6) is 0 Å². The summed E-state index contributed by atoms with van der Waals surface area (Å²) in [5.41, 5.74) is 0. The molecule has 84 valence electrons. The van der Waals surface area contributed by atoms with Crippen molar-refractivity contribution in [2.45, 2.75) is 39.3 Å². The number of hydrogen-bond donors (Lipinski definition) is 1. The largest absolute Gasteiger partial charge is 0.466 e. The number of carbonyl (C=O) groups excluding carboxylic acids is 1. The normalized spacial score (nSPS) is 15.3. The Morgan fingerprint density at radius 3 is 2.43 bits per heavy atom. The zero-order valence-electron chi connectivity index (χ0n) is 9.49. The van der Waals surface area contributed by atoms with Crippen LogP contribution in [0.2, 0.25) is 0 Å². The number of rotatable bonds is 6. The molecule has 1 N–H and O–H groups in total. The molecule has 4 heteroatoms. The summed E-state index contributed by atoms with van der Waals surface area (Å²) < 4.78 is 4.85. The van der Waals surface area contributed by atoms with Gasteiger partial charge in [0.05, 0.1) is 19.6 Å². The Morgan fingerprint density at radius 1 is 1.43 bits per heavy atom. The summed E-state index contributed by atoms with van der Waals surface area (Å²) in [7, 11) is 1.89. The van der Waals surface area contributed by atoms with Crippen LogP contribution < -0.4 is 0 Å². The van der Waals surface area contributed by atoms with E-state index in [0.29, 0.717) is 13.0 Å². The fraction of sp³-hybridized carbons (Fsp3) is 0.900. The monoisotopic (exact) mass is 203 g/mol. The van der Waals surface area contributed by atoms with Crippen LogP contribution in [0, 0.1) is 0 Å². The Balaban J connectivity index is 3.93. The minimum absolute atomic E-state index is 0.0689. The minimum Gasteiger partial charge on any atom is -0.466 e. The van der Waals surface area contributed by atoms with Crippen molar-refractivity contribution < 1.29 is 14.6 Å². The third-order valence-electron chi connectivity index (χ3n) is 2.42. The number of aliphatic hydroxyl groups excluding tert-OH is 1. The third-order valence-corrected chi connectivity index (χ3v) is 2.42. The molecule has 0 heterocycles. The fourth-order valence-corrected chi connectivity index (χ4v) is 1.17. The molecule has 0 aromatic heterocycles. The zero-order valence-corrected chi connectivity index (χ0v) is 9.49. The second kappa shape index (κ2) is 6.79. The van der Waals surface area contributed by atoms with E-state index in [9.17, 15) is 4.79 Å². The lowest BCUT2D eigenvalue weighted by molar-refractivity contribution is -0.144. The molecule has 2 unspecified atom stereocenters. The van der Waals surface area contributed by atoms with Crippen LogP contribution >= 0.6 is 0 Å². The van der Waals surface area contributed by atoms with Gasteiger partial charge in [-0.1, -0.05) is 0 Å². The highest BCUT2D eigenvalue weighted by atomic mass is 16.5. The van der Waals surface area contributed by atoms with E-state index in [2.05, 4.69) is 0 Å². The van der Waals surface area contributed by atoms with Gasteiger partial charge in [0.2, 0.25) is 0 Å². The number of nitrogens with zero attached hydrogens (tertiary/aromatic N) is 1. The fourth-order valence-electron chi connectivity index (χ4n) is 1.17. The number of likely N-dealkylation sites (N-methyl/N-ethyl adjacent to an activating group) is 1. The summed E-state index contributed by atoms with van der Waals surface area (Å²) in [5.74, 6) is -0.183. The molecule has 0 radical (unpaired) electrons. The smallest absolute Gasteiger partial charge is 0.307 e. The molecule has 0 fully saturated rings. The van der Waals surface area contributed by atoms with E-state index in [0.717, 1.165) is 0 Å². The molecule has 0 saturated heterocycles. The van der Waals surface area contributed by atoms with Crippen molar-refractivity contribution in [2.75, 3.05) is 20.3 Å². The lowest BCUT2D eigenvalue weighted by Gasteiger charge is -2.28. The molecule has 0 saturated carbocycles. The van der Waals surface area contributed by atoms with E-state index in [1.54, 1.807) is 6.92 Å². The first-order valence-electron chi connectivity index (χ1n) is 5.01. The molecular weight excluding hydrogens is 182 g/mol. The van der Waals surface area contributed by atoms with Crippen LogP contribution in [0.3, 0.4) is 0 Å². The van der Waals surface area contributed by atoms with Gasteiger partial charge in [-0.2, -0.15) is 0 Å². The zero-order chi connectivity index (χ0) is 11.1. The topological polar surface area (TPSA) is 49.8 Å². The predicted molar refractivity (Wildman–Crippen MR) is 55.0 cm³/mol. The van der Waals surface area contributed by atoms with Gasteiger partial charge in [-0.25, -0.2) is 0 Å². The molecular formula is C10H21NO3. The molecule has 0 bridgehead atoms. The van der Waals surface area contributed by atoms with Crippen molar-refractivity contribution in [3.05, 3.63) is 0 Å². The molecule has 0 aromatic carbocycles. The van der Waals surface area contributed by atoms with Crippen LogP contribution in [-0.2, 0) is 9.53 Å². The first kappa shape index (κ1) is 13.4. The van der Waals surface area contributed by atoms with Crippen molar-refractivity contribution in [3.63, 3.8) is 0 Å². The average molecular weight is 203 g/mol. The molecule has 0 amide bonds. The quantitative estimate of drug-likeness (QED) is 0.644. The molecule has 2 atom stereocenters. The number of aliphatic hydroxyl groups is 1. The minimum atomic E-state index is -0.183. The van der Waals surface area contributed by atoms with Crippen LogP contribution in [0.25, 0.3) is 0 Å². The molecule has 0 aliphatic carbocycles. The lowest BCUT2D eigenvalue weighted by atomic mass is 10.2. The maximum atomic E-state index is 11.2. The van der Waals surface area contributed by atoms with E-state index in [-0.39, 0.29) is 24.7 Å². The van der Waals surface area contributed by atoms with Gasteiger partial charge in [-0.05, 0) is 27.8 Å². The van der Waals surface area contributed by atoms with E-state index < -0.39 is 0 Å². The van der Waals surface area contributed by atoms with Gasteiger partial charge in [0.25, 0.3) is 0 Å². The van der Waals surface area contributed by atoms with E-state index in [1.807, 2.05) is 25.8 Å². The van der Waals surface area contributed by atoms with Gasteiger partial charge < -0.3 is 9.84 Å². The SMILES string of the molecule is CCOC(=O)CC(C)N(C)C(C)CO. The highest BCUT2D eigenvalue weighted by molar-refractivity contribution is 5.70. The third kappa shape index (κ3) is 4.58. The van der Waals surface area contributed by atoms with Gasteiger partial charge in [-0.3, -0.25) is 9.69 Å². The lowest BCUT2D eigenvalue weighted by Crippen LogP contribution is -2.40. The second-order valence-corrected chi connectivity index (χ2v) is 3.56. The highest BCUT2D eigenvalue weighted by Crippen LogP contribution is 2.06. The van der Waals surface area contributed by atoms with E-state index >= 15 is 0 Å². The maximum Gasteiger partial charge on any atom is 0.307 e. The molecule has 0 spiro atoms. The summed E-state index contributed by atoms with van der Waals surface area (Å²) in [6.07, 6.45) is 0.370. The number of esters is 1. The summed E-state index contributed by atoms with van der Waals surface area (Å²) >= 11 is 0. The number of carbonyl (C=O) groups is 1. The van der Waals surface area contributed by atoms with Crippen LogP contribution in [0.1, 0.15) is 27.2 Å². The standard InChI is InChI=1S/C10H21NO3/c1-5-14-10(13)6-8(2)11(4)9(3)7-12/h8-9,12H,5-7H2,1-4H3. The number of ether oxygens (including phenoxy) is 1. The summed E-state index contributed by atoms with van der Waals surface area (Å²) in [5, 5.41) is 8.93. The van der Waals surface area contributed by atoms with E-state index in [1.165, 1.54) is 0 Å². The highest BCUT2D eigenvalue weighted by Gasteiger charge is 2.18. The van der Waals surface area contributed by atoms with Crippen LogP contribution in [0.15, 0.2) is 0 Å². The molecule has 0 aromatic rings. The summed E-state index contributed by atoms with van der Waals surface area (Å²) in [6, 6.07) is 0.163. The Labute approximate surface area is 85.9 Å². The molecule has 0 aliphatic heterocycles. The van der Waals surface area contributed by atoms with E-state index in [4.69, 9.17) is 9.84 Å². The Morgan fingerprint density at radius 2 is 2.00 bits per heavy atom. The van der Waals surface area contributed by atoms with Crippen molar-refractivity contribution >= 4 is 5.97 Å². The van der Waals surface area contributed by atoms with Crippen LogP contribution in [-0.4, -0.2) is 48.3 Å². The van der Waals surface area contributed by atoms with Crippen molar-refractivity contribution in [1.29, 1.82) is 0 Å². The molecule has 0 aliphatic rings. The van der Waals surface area contributed by atoms with Crippen molar-refractivity contribution in [2.24, 2.45) is 0 Å². The molecule has 0 rings (SSSR count). The molecule has 14 heavy (non-hydrogen) atoms.